The second-order valence-corrected chi connectivity index (χ2v) is 3.41. The molecule has 1 rings (SSSR count). The van der Waals surface area contributed by atoms with Crippen molar-refractivity contribution in [3.8, 4) is 12.3 Å². The van der Waals surface area contributed by atoms with Gasteiger partial charge < -0.3 is 9.73 Å². The Labute approximate surface area is 85.7 Å². The van der Waals surface area contributed by atoms with E-state index in [9.17, 15) is 0 Å². The SMILES string of the molecule is C#CCC(NCCC)c1coc(C)c1. The third-order valence-corrected chi connectivity index (χ3v) is 2.12. The largest absolute Gasteiger partial charge is 0.469 e. The van der Waals surface area contributed by atoms with Crippen LogP contribution < -0.4 is 5.32 Å². The second kappa shape index (κ2) is 5.51. The summed E-state index contributed by atoms with van der Waals surface area (Å²) in [6.07, 6.45) is 8.92. The van der Waals surface area contributed by atoms with Gasteiger partial charge in [-0.1, -0.05) is 6.92 Å². The molecule has 2 nitrogen and oxygen atoms in total. The topological polar surface area (TPSA) is 25.2 Å². The average molecular weight is 191 g/mol. The molecular weight excluding hydrogens is 174 g/mol. The molecule has 0 aliphatic heterocycles. The Balaban J connectivity index is 2.63. The maximum absolute atomic E-state index is 5.32. The number of hydrogen-bond donors (Lipinski definition) is 1. The number of furan rings is 1. The lowest BCUT2D eigenvalue weighted by Crippen LogP contribution is -2.21. The monoisotopic (exact) mass is 191 g/mol. The molecule has 1 N–H and O–H groups in total. The quantitative estimate of drug-likeness (QED) is 0.724. The standard InChI is InChI=1S/C12H17NO/c1-4-6-12(13-7-5-2)11-8-10(3)14-9-11/h1,8-9,12-13H,5-7H2,2-3H3. The fourth-order valence-corrected chi connectivity index (χ4v) is 1.39. The van der Waals surface area contributed by atoms with E-state index in [4.69, 9.17) is 10.8 Å². The molecular formula is C12H17NO. The summed E-state index contributed by atoms with van der Waals surface area (Å²) < 4.78 is 5.26. The van der Waals surface area contributed by atoms with E-state index in [2.05, 4.69) is 18.2 Å². The molecule has 1 unspecified atom stereocenters. The lowest BCUT2D eigenvalue weighted by molar-refractivity contribution is 0.509. The highest BCUT2D eigenvalue weighted by Gasteiger charge is 2.11. The highest BCUT2D eigenvalue weighted by molar-refractivity contribution is 5.18. The van der Waals surface area contributed by atoms with Gasteiger partial charge in [0.05, 0.1) is 6.26 Å². The van der Waals surface area contributed by atoms with Crippen LogP contribution in [0.5, 0.6) is 0 Å². The van der Waals surface area contributed by atoms with Crippen molar-refractivity contribution in [2.45, 2.75) is 32.7 Å². The van der Waals surface area contributed by atoms with Crippen molar-refractivity contribution in [1.82, 2.24) is 5.32 Å². The number of aryl methyl sites for hydroxylation is 1. The minimum atomic E-state index is 0.234. The fourth-order valence-electron chi connectivity index (χ4n) is 1.39. The van der Waals surface area contributed by atoms with Crippen LogP contribution in [-0.4, -0.2) is 6.54 Å². The predicted molar refractivity (Wildman–Crippen MR) is 57.9 cm³/mol. The summed E-state index contributed by atoms with van der Waals surface area (Å²) in [5, 5.41) is 3.40. The lowest BCUT2D eigenvalue weighted by Gasteiger charge is -2.13. The molecule has 14 heavy (non-hydrogen) atoms. The van der Waals surface area contributed by atoms with E-state index in [0.717, 1.165) is 24.3 Å². The van der Waals surface area contributed by atoms with Crippen molar-refractivity contribution < 1.29 is 4.42 Å². The van der Waals surface area contributed by atoms with Crippen LogP contribution >= 0.6 is 0 Å². The summed E-state index contributed by atoms with van der Waals surface area (Å²) in [6.45, 7) is 5.06. The Morgan fingerprint density at radius 1 is 1.64 bits per heavy atom. The van der Waals surface area contributed by atoms with Crippen molar-refractivity contribution in [1.29, 1.82) is 0 Å². The van der Waals surface area contributed by atoms with Crippen molar-refractivity contribution in [3.05, 3.63) is 23.7 Å². The molecule has 0 amide bonds. The minimum Gasteiger partial charge on any atom is -0.469 e. The van der Waals surface area contributed by atoms with Gasteiger partial charge in [0.25, 0.3) is 0 Å². The molecule has 2 heteroatoms. The van der Waals surface area contributed by atoms with Gasteiger partial charge in [-0.2, -0.15) is 0 Å². The van der Waals surface area contributed by atoms with Crippen LogP contribution in [0, 0.1) is 19.3 Å². The van der Waals surface area contributed by atoms with Gasteiger partial charge in [-0.25, -0.2) is 0 Å². The molecule has 0 aromatic carbocycles. The van der Waals surface area contributed by atoms with E-state index in [-0.39, 0.29) is 6.04 Å². The summed E-state index contributed by atoms with van der Waals surface area (Å²) in [5.41, 5.74) is 1.15. The molecule has 0 bridgehead atoms. The van der Waals surface area contributed by atoms with E-state index < -0.39 is 0 Å². The molecule has 1 atom stereocenters. The molecule has 76 valence electrons. The maximum atomic E-state index is 5.32. The Hall–Kier alpha value is -1.20. The number of nitrogens with one attached hydrogen (secondary N) is 1. The maximum Gasteiger partial charge on any atom is 0.101 e. The summed E-state index contributed by atoms with van der Waals surface area (Å²) in [5.74, 6) is 3.61. The number of rotatable bonds is 5. The first kappa shape index (κ1) is 10.9. The Kier molecular flexibility index (Phi) is 4.28. The summed E-state index contributed by atoms with van der Waals surface area (Å²) in [6, 6.07) is 2.27. The minimum absolute atomic E-state index is 0.234. The van der Waals surface area contributed by atoms with E-state index in [1.54, 1.807) is 6.26 Å². The Morgan fingerprint density at radius 2 is 2.43 bits per heavy atom. The van der Waals surface area contributed by atoms with Gasteiger partial charge in [-0.3, -0.25) is 0 Å². The van der Waals surface area contributed by atoms with E-state index in [1.165, 1.54) is 0 Å². The van der Waals surface area contributed by atoms with Crippen LogP contribution in [0.4, 0.5) is 0 Å². The van der Waals surface area contributed by atoms with Gasteiger partial charge in [0, 0.05) is 18.0 Å². The molecule has 1 aromatic rings. The van der Waals surface area contributed by atoms with Gasteiger partial charge in [-0.15, -0.1) is 12.3 Å². The second-order valence-electron chi connectivity index (χ2n) is 3.41. The smallest absolute Gasteiger partial charge is 0.101 e. The third-order valence-electron chi connectivity index (χ3n) is 2.12. The van der Waals surface area contributed by atoms with E-state index in [1.807, 2.05) is 13.0 Å². The molecule has 1 aromatic heterocycles. The first-order valence-electron chi connectivity index (χ1n) is 4.99. The first-order valence-corrected chi connectivity index (χ1v) is 4.99. The highest BCUT2D eigenvalue weighted by Crippen LogP contribution is 2.18. The van der Waals surface area contributed by atoms with E-state index >= 15 is 0 Å². The van der Waals surface area contributed by atoms with Crippen LogP contribution in [-0.2, 0) is 0 Å². The first-order chi connectivity index (χ1) is 6.77. The van der Waals surface area contributed by atoms with Crippen LogP contribution in [0.15, 0.2) is 16.7 Å². The zero-order valence-electron chi connectivity index (χ0n) is 8.84. The van der Waals surface area contributed by atoms with Crippen LogP contribution in [0.1, 0.15) is 37.1 Å². The van der Waals surface area contributed by atoms with Crippen molar-refractivity contribution in [2.24, 2.45) is 0 Å². The van der Waals surface area contributed by atoms with Gasteiger partial charge in [0.2, 0.25) is 0 Å². The van der Waals surface area contributed by atoms with Crippen LogP contribution in [0.2, 0.25) is 0 Å². The number of terminal acetylenes is 1. The Morgan fingerprint density at radius 3 is 2.93 bits per heavy atom. The highest BCUT2D eigenvalue weighted by atomic mass is 16.3. The van der Waals surface area contributed by atoms with Crippen molar-refractivity contribution in [2.75, 3.05) is 6.54 Å². The molecule has 0 saturated carbocycles. The third kappa shape index (κ3) is 2.93. The summed E-state index contributed by atoms with van der Waals surface area (Å²) in [7, 11) is 0. The molecule has 0 fully saturated rings. The normalized spacial score (nSPS) is 12.4. The Bertz CT molecular complexity index is 308. The zero-order chi connectivity index (χ0) is 10.4. The van der Waals surface area contributed by atoms with Crippen molar-refractivity contribution >= 4 is 0 Å². The van der Waals surface area contributed by atoms with Crippen LogP contribution in [0.3, 0.4) is 0 Å². The zero-order valence-corrected chi connectivity index (χ0v) is 8.84. The molecule has 0 aliphatic rings. The number of hydrogen-bond acceptors (Lipinski definition) is 2. The van der Waals surface area contributed by atoms with E-state index in [0.29, 0.717) is 6.42 Å². The van der Waals surface area contributed by atoms with Crippen molar-refractivity contribution in [3.63, 3.8) is 0 Å². The van der Waals surface area contributed by atoms with Crippen LogP contribution in [0.25, 0.3) is 0 Å². The molecule has 0 aliphatic carbocycles. The van der Waals surface area contributed by atoms with Gasteiger partial charge >= 0.3 is 0 Å². The lowest BCUT2D eigenvalue weighted by atomic mass is 10.1. The predicted octanol–water partition coefficient (Wildman–Crippen LogP) is 2.65. The molecule has 0 radical (unpaired) electrons. The average Bonchev–Trinajstić information content (AvgIpc) is 2.59. The fraction of sp³-hybridized carbons (Fsp3) is 0.500. The summed E-state index contributed by atoms with van der Waals surface area (Å²) in [4.78, 5) is 0. The van der Waals surface area contributed by atoms with Gasteiger partial charge in [0.15, 0.2) is 0 Å². The van der Waals surface area contributed by atoms with Gasteiger partial charge in [0.1, 0.15) is 5.76 Å². The summed E-state index contributed by atoms with van der Waals surface area (Å²) >= 11 is 0. The molecule has 1 heterocycles. The van der Waals surface area contributed by atoms with Gasteiger partial charge in [-0.05, 0) is 26.0 Å². The molecule has 0 saturated heterocycles. The molecule has 0 spiro atoms.